The van der Waals surface area contributed by atoms with Gasteiger partial charge in [0.15, 0.2) is 5.58 Å². The summed E-state index contributed by atoms with van der Waals surface area (Å²) in [5.41, 5.74) is 35.5. The van der Waals surface area contributed by atoms with Crippen LogP contribution < -0.4 is 26.2 Å². The van der Waals surface area contributed by atoms with E-state index in [-0.39, 0.29) is 0 Å². The summed E-state index contributed by atoms with van der Waals surface area (Å²) in [7, 11) is 0. The number of nitrogens with zero attached hydrogens (tertiary/aromatic N) is 3. The van der Waals surface area contributed by atoms with Crippen molar-refractivity contribution in [2.45, 2.75) is 0 Å². The Bertz CT molecular complexity index is 7550. The van der Waals surface area contributed by atoms with E-state index < -0.39 is 6.71 Å². The minimum atomic E-state index is -0.398. The lowest BCUT2D eigenvalue weighted by Gasteiger charge is -2.44. The van der Waals surface area contributed by atoms with Crippen LogP contribution in [0.1, 0.15) is 0 Å². The van der Waals surface area contributed by atoms with E-state index in [2.05, 4.69) is 415 Å². The largest absolute Gasteiger partial charge is 0.456 e. The molecule has 115 heavy (non-hydrogen) atoms. The smallest absolute Gasteiger partial charge is 0.252 e. The van der Waals surface area contributed by atoms with Crippen LogP contribution in [-0.2, 0) is 0 Å². The lowest BCUT2D eigenvalue weighted by atomic mass is 9.33. The number of anilines is 6. The fraction of sp³-hybridized carbons (Fsp3) is 0. The van der Waals surface area contributed by atoms with Crippen LogP contribution in [0.5, 0.6) is 0 Å². The fourth-order valence-electron chi connectivity index (χ4n) is 19.0. The fourth-order valence-corrected chi connectivity index (χ4v) is 19.0. The molecule has 0 spiro atoms. The maximum atomic E-state index is 7.70. The molecule has 18 aromatic carbocycles. The molecule has 0 aliphatic carbocycles. The molecule has 2 aliphatic rings. The number of furan rings is 3. The Morgan fingerprint density at radius 3 is 1.10 bits per heavy atom. The van der Waals surface area contributed by atoms with Gasteiger partial charge in [-0.3, -0.25) is 0 Å². The molecule has 4 aromatic heterocycles. The Labute approximate surface area is 663 Å². The average molecular weight is 1460 g/mol. The number of hydrogen-bond donors (Lipinski definition) is 0. The summed E-state index contributed by atoms with van der Waals surface area (Å²) in [6.45, 7) is -0.398. The molecule has 0 amide bonds. The van der Waals surface area contributed by atoms with Crippen molar-refractivity contribution in [1.29, 1.82) is 0 Å². The quantitative estimate of drug-likeness (QED) is 0.121. The van der Waals surface area contributed by atoms with Gasteiger partial charge in [-0.25, -0.2) is 0 Å². The molecule has 24 rings (SSSR count). The number of benzene rings is 18. The first-order valence-corrected chi connectivity index (χ1v) is 39.4. The van der Waals surface area contributed by atoms with Gasteiger partial charge >= 0.3 is 0 Å². The molecule has 6 nitrogen and oxygen atoms in total. The molecule has 6 heterocycles. The standard InChI is InChI=1S/C108H66BN3O3/c1-7-27-67(28-8-1)75-55-76(68-29-9-2-10-30-68)58-79(57-75)73-49-53-100-88(61-73)104-95(44-25-47-102(104)113-100)111-94-52-51-81(110-92-42-22-19-39-82(92)83-40-20-23-43-93(83)110)63-90(94)109-91-64-85(71-35-15-5-16-36-71)86(72-37-17-6-18-38-72)65-97(91)112(107-106(109)98(111)66-87-84-41-21-24-46-99(84)115-108(87)107)96-45-26-48-103-105(96)89-62-74(50-54-101(89)114-103)80-59-77(69-31-11-3-12-32-69)56-78(60-80)70-33-13-4-14-34-70/h1-66H. The molecule has 0 radical (unpaired) electrons. The number of para-hydroxylation sites is 3. The highest BCUT2D eigenvalue weighted by Gasteiger charge is 2.47. The monoisotopic (exact) mass is 1460 g/mol. The Kier molecular flexibility index (Phi) is 14.4. The lowest BCUT2D eigenvalue weighted by Crippen LogP contribution is -2.61. The minimum Gasteiger partial charge on any atom is -0.456 e. The molecule has 0 N–H and O–H groups in total. The SMILES string of the molecule is c1ccc(-c2cc(-c3ccccc3)cc(-c3ccc4oc5cccc(N6c7ccc(-n8c9ccccc9c9ccccc98)cc7B7c8cc(-c9ccccc9)c(-c9ccccc9)cc8N(c8cccc9oc%10ccc(-c%11cc(-c%12ccccc%12)cc(-c%12ccccc%12)c%11)cc%10c89)c8c7c6cc6c8oc7ccccc76)c5c4c3)c2)cc1. The lowest BCUT2D eigenvalue weighted by molar-refractivity contribution is 0.668. The van der Waals surface area contributed by atoms with Gasteiger partial charge in [0.2, 0.25) is 0 Å². The topological polar surface area (TPSA) is 50.8 Å². The first kappa shape index (κ1) is 64.6. The molecular weight excluding hydrogens is 1400 g/mol. The summed E-state index contributed by atoms with van der Waals surface area (Å²) in [5, 5.41) is 8.41. The molecule has 22 aromatic rings. The molecule has 2 aliphatic heterocycles. The molecule has 0 fully saturated rings. The highest BCUT2D eigenvalue weighted by Crippen LogP contribution is 2.55. The zero-order chi connectivity index (χ0) is 75.3. The number of aromatic nitrogens is 1. The second-order valence-electron chi connectivity index (χ2n) is 30.5. The molecule has 7 heteroatoms. The van der Waals surface area contributed by atoms with Crippen LogP contribution in [0.4, 0.5) is 34.1 Å². The first-order valence-electron chi connectivity index (χ1n) is 39.4. The van der Waals surface area contributed by atoms with E-state index in [9.17, 15) is 0 Å². The number of fused-ring (bicyclic) bond motifs is 17. The van der Waals surface area contributed by atoms with Crippen molar-refractivity contribution in [3.63, 3.8) is 0 Å². The van der Waals surface area contributed by atoms with Crippen LogP contribution in [-0.4, -0.2) is 11.3 Å². The van der Waals surface area contributed by atoms with Gasteiger partial charge in [0, 0.05) is 55.1 Å². The van der Waals surface area contributed by atoms with E-state index in [0.29, 0.717) is 0 Å². The first-order chi connectivity index (χ1) is 57.0. The summed E-state index contributed by atoms with van der Waals surface area (Å²) in [4.78, 5) is 5.14. The van der Waals surface area contributed by atoms with Crippen molar-refractivity contribution >= 4 is 145 Å². The van der Waals surface area contributed by atoms with Crippen LogP contribution in [0, 0.1) is 0 Å². The Morgan fingerprint density at radius 2 is 0.609 bits per heavy atom. The van der Waals surface area contributed by atoms with E-state index in [1.807, 2.05) is 0 Å². The average Bonchev–Trinajstić information content (AvgIpc) is 1.66. The Hall–Kier alpha value is -15.2. The molecule has 0 bridgehead atoms. The molecule has 0 saturated carbocycles. The number of hydrogen-bond acceptors (Lipinski definition) is 5. The van der Waals surface area contributed by atoms with Crippen molar-refractivity contribution < 1.29 is 13.3 Å². The van der Waals surface area contributed by atoms with Crippen LogP contribution >= 0.6 is 0 Å². The number of rotatable bonds is 11. The van der Waals surface area contributed by atoms with E-state index in [0.717, 1.165) is 222 Å². The van der Waals surface area contributed by atoms with Crippen molar-refractivity contribution in [3.8, 4) is 94.7 Å². The highest BCUT2D eigenvalue weighted by molar-refractivity contribution is 7.00. The van der Waals surface area contributed by atoms with E-state index >= 15 is 0 Å². The van der Waals surface area contributed by atoms with Gasteiger partial charge in [-0.1, -0.05) is 267 Å². The third-order valence-corrected chi connectivity index (χ3v) is 24.1. The summed E-state index contributed by atoms with van der Waals surface area (Å²) in [5.74, 6) is 0. The third kappa shape index (κ3) is 10.2. The summed E-state index contributed by atoms with van der Waals surface area (Å²) in [6, 6.07) is 147. The Morgan fingerprint density at radius 1 is 0.209 bits per heavy atom. The maximum Gasteiger partial charge on any atom is 0.252 e. The van der Waals surface area contributed by atoms with Crippen molar-refractivity contribution in [3.05, 3.63) is 400 Å². The molecule has 0 atom stereocenters. The Balaban J connectivity index is 0.817. The molecule has 0 unspecified atom stereocenters. The molecule has 534 valence electrons. The van der Waals surface area contributed by atoms with Gasteiger partial charge in [-0.05, 0) is 239 Å². The van der Waals surface area contributed by atoms with E-state index in [1.54, 1.807) is 0 Å². The van der Waals surface area contributed by atoms with Crippen molar-refractivity contribution in [2.24, 2.45) is 0 Å². The normalized spacial score (nSPS) is 12.5. The zero-order valence-corrected chi connectivity index (χ0v) is 62.2. The van der Waals surface area contributed by atoms with Crippen molar-refractivity contribution in [2.75, 3.05) is 9.80 Å². The third-order valence-electron chi connectivity index (χ3n) is 24.1. The predicted octanol–water partition coefficient (Wildman–Crippen LogP) is 27.9. The van der Waals surface area contributed by atoms with Gasteiger partial charge in [-0.15, -0.1) is 0 Å². The molecule has 0 saturated heterocycles. The second kappa shape index (κ2) is 25.7. The van der Waals surface area contributed by atoms with Crippen LogP contribution in [0.2, 0.25) is 0 Å². The maximum absolute atomic E-state index is 7.70. The summed E-state index contributed by atoms with van der Waals surface area (Å²) < 4.78 is 24.6. The second-order valence-corrected chi connectivity index (χ2v) is 30.5. The van der Waals surface area contributed by atoms with E-state index in [4.69, 9.17) is 13.3 Å². The van der Waals surface area contributed by atoms with Crippen LogP contribution in [0.15, 0.2) is 414 Å². The van der Waals surface area contributed by atoms with Gasteiger partial charge in [-0.2, -0.15) is 0 Å². The van der Waals surface area contributed by atoms with Crippen LogP contribution in [0.3, 0.4) is 0 Å². The predicted molar refractivity (Wildman–Crippen MR) is 480 cm³/mol. The van der Waals surface area contributed by atoms with Gasteiger partial charge < -0.3 is 27.6 Å². The molecular formula is C108H66BN3O3. The van der Waals surface area contributed by atoms with Gasteiger partial charge in [0.25, 0.3) is 6.71 Å². The van der Waals surface area contributed by atoms with Gasteiger partial charge in [0.1, 0.15) is 27.9 Å². The highest BCUT2D eigenvalue weighted by atomic mass is 16.3. The van der Waals surface area contributed by atoms with E-state index in [1.165, 1.54) is 10.8 Å². The van der Waals surface area contributed by atoms with Crippen LogP contribution in [0.25, 0.3) is 182 Å². The summed E-state index contributed by atoms with van der Waals surface area (Å²) in [6.07, 6.45) is 0. The zero-order valence-electron chi connectivity index (χ0n) is 62.2. The minimum absolute atomic E-state index is 0.398. The summed E-state index contributed by atoms with van der Waals surface area (Å²) >= 11 is 0. The van der Waals surface area contributed by atoms with Crippen molar-refractivity contribution in [1.82, 2.24) is 4.57 Å². The van der Waals surface area contributed by atoms with Gasteiger partial charge in [0.05, 0.1) is 38.9 Å².